The maximum Gasteiger partial charge on any atom is 0.175 e. The van der Waals surface area contributed by atoms with Gasteiger partial charge in [-0.05, 0) is 101 Å². The molecule has 2 nitrogen and oxygen atoms in total. The second-order valence-corrected chi connectivity index (χ2v) is 13.5. The van der Waals surface area contributed by atoms with Crippen molar-refractivity contribution >= 4 is 52.9 Å². The predicted octanol–water partition coefficient (Wildman–Crippen LogP) is 10.7. The molecule has 210 valence electrons. The standard InChI is InChI=1S/C41H28O2S/c1-44(42,43)35-23-22-32-24-31(19-20-33(32)26-35)28-14-17-29(18-15-28)40-36-10-4-6-12-38(36)41(39-13-7-5-11-37(39)40)34-21-16-27-8-2-3-9-30(27)25-34/h2-26H,1H3. The van der Waals surface area contributed by atoms with Crippen molar-refractivity contribution < 1.29 is 8.42 Å². The van der Waals surface area contributed by atoms with Gasteiger partial charge in [0, 0.05) is 6.26 Å². The van der Waals surface area contributed by atoms with Crippen molar-refractivity contribution in [3.63, 3.8) is 0 Å². The summed E-state index contributed by atoms with van der Waals surface area (Å²) < 4.78 is 24.0. The molecule has 0 aliphatic heterocycles. The van der Waals surface area contributed by atoms with E-state index in [0.717, 1.165) is 21.9 Å². The first-order chi connectivity index (χ1) is 21.4. The van der Waals surface area contributed by atoms with Gasteiger partial charge in [0.25, 0.3) is 0 Å². The van der Waals surface area contributed by atoms with Crippen molar-refractivity contribution in [2.45, 2.75) is 4.90 Å². The molecule has 0 heterocycles. The van der Waals surface area contributed by atoms with Crippen LogP contribution in [0.25, 0.3) is 76.5 Å². The largest absolute Gasteiger partial charge is 0.224 e. The van der Waals surface area contributed by atoms with Crippen LogP contribution in [0.3, 0.4) is 0 Å². The van der Waals surface area contributed by atoms with Gasteiger partial charge in [0.05, 0.1) is 4.90 Å². The summed E-state index contributed by atoms with van der Waals surface area (Å²) in [6.45, 7) is 0. The number of hydrogen-bond acceptors (Lipinski definition) is 2. The van der Waals surface area contributed by atoms with Gasteiger partial charge in [-0.25, -0.2) is 8.42 Å². The van der Waals surface area contributed by atoms with Gasteiger partial charge >= 0.3 is 0 Å². The molecule has 8 aromatic rings. The maximum absolute atomic E-state index is 12.0. The fraction of sp³-hybridized carbons (Fsp3) is 0.0244. The van der Waals surface area contributed by atoms with E-state index < -0.39 is 9.84 Å². The fourth-order valence-corrected chi connectivity index (χ4v) is 7.21. The van der Waals surface area contributed by atoms with Crippen LogP contribution in [-0.4, -0.2) is 14.7 Å². The lowest BCUT2D eigenvalue weighted by atomic mass is 9.85. The fourth-order valence-electron chi connectivity index (χ4n) is 6.56. The van der Waals surface area contributed by atoms with Gasteiger partial charge in [0.15, 0.2) is 9.84 Å². The monoisotopic (exact) mass is 584 g/mol. The zero-order valence-corrected chi connectivity index (χ0v) is 25.0. The molecule has 0 N–H and O–H groups in total. The number of sulfone groups is 1. The molecule has 3 heteroatoms. The van der Waals surface area contributed by atoms with Crippen LogP contribution >= 0.6 is 0 Å². The Morgan fingerprint density at radius 3 is 1.41 bits per heavy atom. The molecule has 0 spiro atoms. The molecule has 0 aliphatic carbocycles. The predicted molar refractivity (Wildman–Crippen MR) is 186 cm³/mol. The van der Waals surface area contributed by atoms with E-state index in [1.54, 1.807) is 12.1 Å². The Morgan fingerprint density at radius 1 is 0.364 bits per heavy atom. The Morgan fingerprint density at radius 2 is 0.773 bits per heavy atom. The summed E-state index contributed by atoms with van der Waals surface area (Å²) in [6, 6.07) is 53.1. The summed E-state index contributed by atoms with van der Waals surface area (Å²) in [5.74, 6) is 0. The zero-order chi connectivity index (χ0) is 29.8. The van der Waals surface area contributed by atoms with E-state index in [0.29, 0.717) is 4.90 Å². The van der Waals surface area contributed by atoms with Crippen molar-refractivity contribution in [1.82, 2.24) is 0 Å². The highest BCUT2D eigenvalue weighted by atomic mass is 32.2. The molecule has 0 unspecified atom stereocenters. The van der Waals surface area contributed by atoms with Crippen LogP contribution in [0.5, 0.6) is 0 Å². The highest BCUT2D eigenvalue weighted by Gasteiger charge is 2.17. The molecule has 8 aromatic carbocycles. The molecule has 44 heavy (non-hydrogen) atoms. The summed E-state index contributed by atoms with van der Waals surface area (Å²) in [6.07, 6.45) is 1.24. The number of hydrogen-bond donors (Lipinski definition) is 0. The Balaban J connectivity index is 1.27. The molecule has 0 radical (unpaired) electrons. The van der Waals surface area contributed by atoms with Crippen LogP contribution in [-0.2, 0) is 9.84 Å². The Bertz CT molecular complexity index is 2450. The lowest BCUT2D eigenvalue weighted by Gasteiger charge is -2.18. The minimum absolute atomic E-state index is 0.341. The Hall–Kier alpha value is -5.25. The lowest BCUT2D eigenvalue weighted by Crippen LogP contribution is -1.96. The van der Waals surface area contributed by atoms with Crippen molar-refractivity contribution in [3.05, 3.63) is 152 Å². The zero-order valence-electron chi connectivity index (χ0n) is 24.2. The minimum atomic E-state index is -3.25. The summed E-state index contributed by atoms with van der Waals surface area (Å²) in [7, 11) is -3.25. The quantitative estimate of drug-likeness (QED) is 0.193. The molecule has 0 saturated carbocycles. The molecule has 0 saturated heterocycles. The van der Waals surface area contributed by atoms with Gasteiger partial charge < -0.3 is 0 Å². The van der Waals surface area contributed by atoms with E-state index in [-0.39, 0.29) is 0 Å². The molecular weight excluding hydrogens is 557 g/mol. The lowest BCUT2D eigenvalue weighted by molar-refractivity contribution is 0.602. The third kappa shape index (κ3) is 4.45. The molecule has 8 rings (SSSR count). The van der Waals surface area contributed by atoms with Crippen LogP contribution in [0.2, 0.25) is 0 Å². The van der Waals surface area contributed by atoms with E-state index in [9.17, 15) is 8.42 Å². The maximum atomic E-state index is 12.0. The van der Waals surface area contributed by atoms with Crippen LogP contribution in [0.4, 0.5) is 0 Å². The van der Waals surface area contributed by atoms with Crippen LogP contribution in [0.1, 0.15) is 0 Å². The van der Waals surface area contributed by atoms with Crippen molar-refractivity contribution in [2.75, 3.05) is 6.26 Å². The minimum Gasteiger partial charge on any atom is -0.224 e. The van der Waals surface area contributed by atoms with Crippen LogP contribution in [0.15, 0.2) is 157 Å². The first-order valence-corrected chi connectivity index (χ1v) is 16.6. The summed E-state index contributed by atoms with van der Waals surface area (Å²) in [5.41, 5.74) is 7.10. The summed E-state index contributed by atoms with van der Waals surface area (Å²) in [5, 5.41) is 9.35. The van der Waals surface area contributed by atoms with Gasteiger partial charge in [-0.15, -0.1) is 0 Å². The first kappa shape index (κ1) is 26.4. The second kappa shape index (κ2) is 10.2. The molecule has 0 fully saturated rings. The highest BCUT2D eigenvalue weighted by Crippen LogP contribution is 2.44. The SMILES string of the molecule is CS(=O)(=O)c1ccc2cc(-c3ccc(-c4c5ccccc5c(-c5ccc6ccccc6c5)c5ccccc45)cc3)ccc2c1. The van der Waals surface area contributed by atoms with Crippen molar-refractivity contribution in [3.8, 4) is 33.4 Å². The third-order valence-corrected chi connectivity index (χ3v) is 9.83. The van der Waals surface area contributed by atoms with E-state index in [1.807, 2.05) is 12.1 Å². The molecule has 0 aliphatic rings. The smallest absolute Gasteiger partial charge is 0.175 e. The number of rotatable bonds is 4. The molecule has 0 atom stereocenters. The average molecular weight is 585 g/mol. The van der Waals surface area contributed by atoms with E-state index in [1.165, 1.54) is 60.8 Å². The molecule has 0 bridgehead atoms. The Labute approximate surface area is 256 Å². The molecule has 0 aromatic heterocycles. The molecule has 0 amide bonds. The first-order valence-electron chi connectivity index (χ1n) is 14.7. The van der Waals surface area contributed by atoms with Crippen molar-refractivity contribution in [1.29, 1.82) is 0 Å². The van der Waals surface area contributed by atoms with Gasteiger partial charge in [0.2, 0.25) is 0 Å². The second-order valence-electron chi connectivity index (χ2n) is 11.5. The number of benzene rings is 8. The van der Waals surface area contributed by atoms with E-state index >= 15 is 0 Å². The van der Waals surface area contributed by atoms with Crippen LogP contribution < -0.4 is 0 Å². The number of fused-ring (bicyclic) bond motifs is 4. The summed E-state index contributed by atoms with van der Waals surface area (Å²) in [4.78, 5) is 0.341. The van der Waals surface area contributed by atoms with E-state index in [2.05, 4.69) is 127 Å². The van der Waals surface area contributed by atoms with Crippen molar-refractivity contribution in [2.24, 2.45) is 0 Å². The van der Waals surface area contributed by atoms with Gasteiger partial charge in [0.1, 0.15) is 0 Å². The molecular formula is C41H28O2S. The topological polar surface area (TPSA) is 34.1 Å². The highest BCUT2D eigenvalue weighted by molar-refractivity contribution is 7.90. The average Bonchev–Trinajstić information content (AvgIpc) is 3.06. The normalized spacial score (nSPS) is 11.9. The van der Waals surface area contributed by atoms with Gasteiger partial charge in [-0.1, -0.05) is 127 Å². The van der Waals surface area contributed by atoms with Gasteiger partial charge in [-0.2, -0.15) is 0 Å². The van der Waals surface area contributed by atoms with Gasteiger partial charge in [-0.3, -0.25) is 0 Å². The third-order valence-electron chi connectivity index (χ3n) is 8.72. The van der Waals surface area contributed by atoms with E-state index in [4.69, 9.17) is 0 Å². The van der Waals surface area contributed by atoms with Crippen LogP contribution in [0, 0.1) is 0 Å². The summed E-state index contributed by atoms with van der Waals surface area (Å²) >= 11 is 0. The Kier molecular flexibility index (Phi) is 6.11.